The van der Waals surface area contributed by atoms with E-state index >= 15 is 0 Å². The lowest BCUT2D eigenvalue weighted by molar-refractivity contribution is -0.116. The third-order valence-electron chi connectivity index (χ3n) is 2.32. The number of rotatable bonds is 1. The molecule has 0 bridgehead atoms. The monoisotopic (exact) mass is 263 g/mol. The van der Waals surface area contributed by atoms with Gasteiger partial charge < -0.3 is 5.32 Å². The molecule has 2 rings (SSSR count). The van der Waals surface area contributed by atoms with Gasteiger partial charge in [0.2, 0.25) is 5.91 Å². The normalized spacial score (nSPS) is 15.5. The second-order valence-corrected chi connectivity index (χ2v) is 5.15. The summed E-state index contributed by atoms with van der Waals surface area (Å²) >= 11 is 5.65. The molecule has 4 nitrogen and oxygen atoms in total. The van der Waals surface area contributed by atoms with Crippen molar-refractivity contribution in [1.29, 1.82) is 0 Å². The molecule has 0 aromatic heterocycles. The minimum absolute atomic E-state index is 0.169. The van der Waals surface area contributed by atoms with E-state index in [1.165, 1.54) is 6.07 Å². The Morgan fingerprint density at radius 1 is 1.31 bits per heavy atom. The van der Waals surface area contributed by atoms with Crippen molar-refractivity contribution in [2.75, 3.05) is 5.32 Å². The van der Waals surface area contributed by atoms with Gasteiger partial charge in [-0.15, -0.1) is 3.89 Å². The molecule has 1 N–H and O–H groups in total. The average Bonchev–Trinajstić information content (AvgIpc) is 2.16. The zero-order valence-corrected chi connectivity index (χ0v) is 9.53. The smallest absolute Gasteiger partial charge is 0.326 e. The summed E-state index contributed by atoms with van der Waals surface area (Å²) in [6, 6.07) is 2.41. The molecule has 0 radical (unpaired) electrons. The summed E-state index contributed by atoms with van der Waals surface area (Å²) in [5.74, 6) is -0.225. The summed E-state index contributed by atoms with van der Waals surface area (Å²) in [4.78, 5) is 10.5. The molecule has 16 heavy (non-hydrogen) atoms. The van der Waals surface area contributed by atoms with E-state index in [4.69, 9.17) is 11.6 Å². The number of fused-ring (bicyclic) bond motifs is 1. The Labute approximate surface area is 96.6 Å². The topological polar surface area (TPSA) is 63.2 Å². The molecule has 0 unspecified atom stereocenters. The highest BCUT2D eigenvalue weighted by Crippen LogP contribution is 2.32. The summed E-state index contributed by atoms with van der Waals surface area (Å²) in [6.45, 7) is 0. The molecule has 1 heterocycles. The van der Waals surface area contributed by atoms with Crippen molar-refractivity contribution in [3.05, 3.63) is 22.7 Å². The first kappa shape index (κ1) is 11.3. The van der Waals surface area contributed by atoms with Crippen LogP contribution < -0.4 is 5.32 Å². The number of hydrogen-bond donors (Lipinski definition) is 1. The second kappa shape index (κ2) is 3.71. The highest BCUT2D eigenvalue weighted by atomic mass is 35.5. The summed E-state index contributed by atoms with van der Waals surface area (Å²) in [7, 11) is -4.87. The van der Waals surface area contributed by atoms with E-state index in [0.29, 0.717) is 24.1 Å². The van der Waals surface area contributed by atoms with E-state index in [9.17, 15) is 17.1 Å². The van der Waals surface area contributed by atoms with Crippen LogP contribution in [-0.4, -0.2) is 14.3 Å². The van der Waals surface area contributed by atoms with Crippen molar-refractivity contribution >= 4 is 33.4 Å². The molecule has 0 spiro atoms. The van der Waals surface area contributed by atoms with E-state index in [0.717, 1.165) is 6.07 Å². The summed E-state index contributed by atoms with van der Waals surface area (Å²) in [5, 5.41) is 2.30. The Bertz CT molecular complexity index is 570. The maximum absolute atomic E-state index is 12.8. The van der Waals surface area contributed by atoms with Gasteiger partial charge in [-0.05, 0) is 24.1 Å². The standard InChI is InChI=1S/C9H7ClFNO3S/c10-6-3-5-1-2-9(13)12-7(5)4-8(6)16(11,14)15/h3-4H,1-2H2,(H,12,13). The van der Waals surface area contributed by atoms with Crippen molar-refractivity contribution in [1.82, 2.24) is 0 Å². The van der Waals surface area contributed by atoms with Gasteiger partial charge in [-0.1, -0.05) is 11.6 Å². The Hall–Kier alpha value is -1.14. The van der Waals surface area contributed by atoms with Gasteiger partial charge in [0, 0.05) is 12.1 Å². The van der Waals surface area contributed by atoms with Crippen LogP contribution in [0.25, 0.3) is 0 Å². The van der Waals surface area contributed by atoms with E-state index in [2.05, 4.69) is 5.32 Å². The first-order valence-electron chi connectivity index (χ1n) is 4.45. The molecular weight excluding hydrogens is 257 g/mol. The SMILES string of the molecule is O=C1CCc2cc(Cl)c(S(=O)(=O)F)cc2N1. The van der Waals surface area contributed by atoms with Crippen LogP contribution in [0.3, 0.4) is 0 Å². The van der Waals surface area contributed by atoms with E-state index in [1.807, 2.05) is 0 Å². The van der Waals surface area contributed by atoms with Crippen LogP contribution >= 0.6 is 11.6 Å². The third-order valence-corrected chi connectivity index (χ3v) is 3.60. The molecule has 1 amide bonds. The quantitative estimate of drug-likeness (QED) is 0.787. The van der Waals surface area contributed by atoms with Crippen molar-refractivity contribution in [3.8, 4) is 0 Å². The molecule has 1 aliphatic heterocycles. The van der Waals surface area contributed by atoms with Crippen LogP contribution in [0.5, 0.6) is 0 Å². The van der Waals surface area contributed by atoms with Gasteiger partial charge in [0.25, 0.3) is 0 Å². The van der Waals surface area contributed by atoms with Crippen LogP contribution in [0, 0.1) is 0 Å². The number of benzene rings is 1. The van der Waals surface area contributed by atoms with Crippen LogP contribution in [0.2, 0.25) is 5.02 Å². The lowest BCUT2D eigenvalue weighted by Crippen LogP contribution is -2.19. The maximum atomic E-state index is 12.8. The molecule has 0 saturated carbocycles. The molecule has 1 aromatic rings. The number of carbonyl (C=O) groups excluding carboxylic acids is 1. The van der Waals surface area contributed by atoms with Crippen LogP contribution in [0.4, 0.5) is 9.57 Å². The van der Waals surface area contributed by atoms with Gasteiger partial charge in [0.1, 0.15) is 4.90 Å². The fourth-order valence-electron chi connectivity index (χ4n) is 1.57. The molecule has 1 aromatic carbocycles. The predicted molar refractivity (Wildman–Crippen MR) is 56.7 cm³/mol. The van der Waals surface area contributed by atoms with Gasteiger partial charge in [-0.3, -0.25) is 4.79 Å². The number of amides is 1. The lowest BCUT2D eigenvalue weighted by Gasteiger charge is -2.17. The third kappa shape index (κ3) is 2.03. The average molecular weight is 264 g/mol. The number of hydrogen-bond acceptors (Lipinski definition) is 3. The molecule has 0 atom stereocenters. The second-order valence-electron chi connectivity index (χ2n) is 3.43. The summed E-state index contributed by atoms with van der Waals surface area (Å²) in [5.41, 5.74) is 1.01. The van der Waals surface area contributed by atoms with Crippen molar-refractivity contribution < 1.29 is 17.1 Å². The number of anilines is 1. The number of halogens is 2. The van der Waals surface area contributed by atoms with Gasteiger partial charge >= 0.3 is 10.2 Å². The maximum Gasteiger partial charge on any atom is 0.333 e. The van der Waals surface area contributed by atoms with Gasteiger partial charge in [0.15, 0.2) is 0 Å². The Kier molecular flexibility index (Phi) is 2.63. The van der Waals surface area contributed by atoms with E-state index in [1.54, 1.807) is 0 Å². The zero-order valence-electron chi connectivity index (χ0n) is 7.96. The number of nitrogens with one attached hydrogen (secondary N) is 1. The first-order valence-corrected chi connectivity index (χ1v) is 6.21. The summed E-state index contributed by atoms with van der Waals surface area (Å²) in [6.07, 6.45) is 0.776. The fourth-order valence-corrected chi connectivity index (χ4v) is 2.58. The molecule has 1 aliphatic rings. The van der Waals surface area contributed by atoms with Crippen molar-refractivity contribution in [2.24, 2.45) is 0 Å². The fraction of sp³-hybridized carbons (Fsp3) is 0.222. The Balaban J connectivity index is 2.60. The van der Waals surface area contributed by atoms with Crippen LogP contribution in [-0.2, 0) is 21.4 Å². The molecule has 0 saturated heterocycles. The minimum Gasteiger partial charge on any atom is -0.326 e. The summed E-state index contributed by atoms with van der Waals surface area (Å²) < 4.78 is 34.3. The Morgan fingerprint density at radius 2 is 2.00 bits per heavy atom. The lowest BCUT2D eigenvalue weighted by atomic mass is 10.0. The first-order chi connectivity index (χ1) is 7.38. The van der Waals surface area contributed by atoms with Gasteiger partial charge in [-0.2, -0.15) is 8.42 Å². The molecule has 0 fully saturated rings. The van der Waals surface area contributed by atoms with E-state index < -0.39 is 15.1 Å². The number of aryl methyl sites for hydroxylation is 1. The molecule has 7 heteroatoms. The van der Waals surface area contributed by atoms with Crippen LogP contribution in [0.1, 0.15) is 12.0 Å². The molecule has 0 aliphatic carbocycles. The van der Waals surface area contributed by atoms with E-state index in [-0.39, 0.29) is 10.9 Å². The highest BCUT2D eigenvalue weighted by Gasteiger charge is 2.22. The van der Waals surface area contributed by atoms with Crippen LogP contribution in [0.15, 0.2) is 17.0 Å². The molecular formula is C9H7ClFNO3S. The number of carbonyl (C=O) groups is 1. The minimum atomic E-state index is -4.87. The zero-order chi connectivity index (χ0) is 11.9. The van der Waals surface area contributed by atoms with Crippen molar-refractivity contribution in [2.45, 2.75) is 17.7 Å². The van der Waals surface area contributed by atoms with Crippen molar-refractivity contribution in [3.63, 3.8) is 0 Å². The van der Waals surface area contributed by atoms with Gasteiger partial charge in [-0.25, -0.2) is 0 Å². The molecule has 86 valence electrons. The Morgan fingerprint density at radius 3 is 2.62 bits per heavy atom. The largest absolute Gasteiger partial charge is 0.333 e. The van der Waals surface area contributed by atoms with Gasteiger partial charge in [0.05, 0.1) is 5.02 Å². The predicted octanol–water partition coefficient (Wildman–Crippen LogP) is 1.88. The highest BCUT2D eigenvalue weighted by molar-refractivity contribution is 7.86.